The zero-order valence-corrected chi connectivity index (χ0v) is 11.4. The molecule has 3 rings (SSSR count). The maximum absolute atomic E-state index is 12.3. The number of imide groups is 1. The van der Waals surface area contributed by atoms with Gasteiger partial charge in [0.2, 0.25) is 11.8 Å². The van der Waals surface area contributed by atoms with E-state index in [1.807, 2.05) is 13.8 Å². The minimum atomic E-state index is -0.119. The second kappa shape index (κ2) is 4.04. The highest BCUT2D eigenvalue weighted by molar-refractivity contribution is 6.10. The lowest BCUT2D eigenvalue weighted by molar-refractivity contribution is -0.146. The van der Waals surface area contributed by atoms with Crippen molar-refractivity contribution in [2.75, 3.05) is 19.6 Å². The van der Waals surface area contributed by atoms with Crippen LogP contribution < -0.4 is 0 Å². The summed E-state index contributed by atoms with van der Waals surface area (Å²) in [4.78, 5) is 28.2. The van der Waals surface area contributed by atoms with Crippen LogP contribution in [0.4, 0.5) is 0 Å². The molecule has 0 aromatic heterocycles. The Morgan fingerprint density at radius 2 is 1.74 bits per heavy atom. The van der Waals surface area contributed by atoms with Crippen LogP contribution in [0.25, 0.3) is 0 Å². The van der Waals surface area contributed by atoms with Crippen LogP contribution in [0.2, 0.25) is 0 Å². The van der Waals surface area contributed by atoms with Gasteiger partial charge in [-0.25, -0.2) is 0 Å². The Kier molecular flexibility index (Phi) is 2.68. The van der Waals surface area contributed by atoms with Gasteiger partial charge in [0, 0.05) is 19.1 Å². The highest BCUT2D eigenvalue weighted by Gasteiger charge is 2.73. The predicted octanol–water partition coefficient (Wildman–Crippen LogP) is 0.615. The minimum absolute atomic E-state index is 0.0405. The molecular weight excluding hydrogens is 242 g/mol. The highest BCUT2D eigenvalue weighted by atomic mass is 16.2. The summed E-state index contributed by atoms with van der Waals surface area (Å²) in [5.41, 5.74) is -0.119. The summed E-state index contributed by atoms with van der Waals surface area (Å²) in [7, 11) is 0. The number of fused-ring (bicyclic) bond motifs is 1. The Balaban J connectivity index is 1.65. The molecule has 0 bridgehead atoms. The quantitative estimate of drug-likeness (QED) is 0.540. The van der Waals surface area contributed by atoms with Crippen molar-refractivity contribution in [1.29, 1.82) is 5.26 Å². The van der Waals surface area contributed by atoms with Gasteiger partial charge in [0.1, 0.15) is 0 Å². The van der Waals surface area contributed by atoms with Crippen molar-refractivity contribution in [3.8, 4) is 6.07 Å². The monoisotopic (exact) mass is 261 g/mol. The van der Waals surface area contributed by atoms with Gasteiger partial charge in [-0.1, -0.05) is 13.8 Å². The molecule has 1 aliphatic carbocycles. The van der Waals surface area contributed by atoms with E-state index < -0.39 is 0 Å². The normalized spacial score (nSPS) is 34.3. The van der Waals surface area contributed by atoms with E-state index >= 15 is 0 Å². The SMILES string of the molecule is CC1(C)C2C(=O)N(C3CCN(CC#N)CC3)C(=O)C21. The van der Waals surface area contributed by atoms with Gasteiger partial charge in [-0.05, 0) is 18.3 Å². The molecule has 2 aliphatic heterocycles. The molecule has 3 fully saturated rings. The number of likely N-dealkylation sites (tertiary alicyclic amines) is 2. The van der Waals surface area contributed by atoms with Crippen LogP contribution in [0.3, 0.4) is 0 Å². The molecule has 2 heterocycles. The second-order valence-corrected chi connectivity index (χ2v) is 6.49. The van der Waals surface area contributed by atoms with Gasteiger partial charge < -0.3 is 0 Å². The van der Waals surface area contributed by atoms with E-state index in [-0.39, 0.29) is 35.1 Å². The number of piperidine rings is 2. The maximum Gasteiger partial charge on any atom is 0.233 e. The molecule has 0 aromatic carbocycles. The molecule has 1 saturated carbocycles. The Hall–Kier alpha value is -1.41. The van der Waals surface area contributed by atoms with Gasteiger partial charge in [-0.15, -0.1) is 0 Å². The third-order valence-corrected chi connectivity index (χ3v) is 5.05. The van der Waals surface area contributed by atoms with Crippen molar-refractivity contribution >= 4 is 11.8 Å². The van der Waals surface area contributed by atoms with Crippen LogP contribution in [-0.2, 0) is 9.59 Å². The molecule has 5 nitrogen and oxygen atoms in total. The van der Waals surface area contributed by atoms with E-state index in [0.717, 1.165) is 25.9 Å². The average molecular weight is 261 g/mol. The summed E-state index contributed by atoms with van der Waals surface area (Å²) in [6.45, 7) is 6.05. The molecule has 19 heavy (non-hydrogen) atoms. The first-order valence-electron chi connectivity index (χ1n) is 6.94. The molecular formula is C14H19N3O2. The molecule has 2 saturated heterocycles. The van der Waals surface area contributed by atoms with Crippen LogP contribution >= 0.6 is 0 Å². The van der Waals surface area contributed by atoms with Gasteiger partial charge >= 0.3 is 0 Å². The lowest BCUT2D eigenvalue weighted by atomic mass is 9.99. The summed E-state index contributed by atoms with van der Waals surface area (Å²) in [5, 5.41) is 8.67. The highest BCUT2D eigenvalue weighted by Crippen LogP contribution is 2.63. The summed E-state index contributed by atoms with van der Waals surface area (Å²) < 4.78 is 0. The van der Waals surface area contributed by atoms with Crippen molar-refractivity contribution in [3.05, 3.63) is 0 Å². The lowest BCUT2D eigenvalue weighted by Crippen LogP contribution is -2.49. The minimum Gasteiger partial charge on any atom is -0.290 e. The number of carbonyl (C=O) groups is 2. The van der Waals surface area contributed by atoms with E-state index in [2.05, 4.69) is 11.0 Å². The van der Waals surface area contributed by atoms with E-state index in [0.29, 0.717) is 6.54 Å². The Bertz CT molecular complexity index is 448. The van der Waals surface area contributed by atoms with Gasteiger partial charge in [0.05, 0.1) is 24.4 Å². The van der Waals surface area contributed by atoms with Crippen molar-refractivity contribution in [1.82, 2.24) is 9.80 Å². The first-order chi connectivity index (χ1) is 8.98. The molecule has 0 N–H and O–H groups in total. The fraction of sp³-hybridized carbons (Fsp3) is 0.786. The van der Waals surface area contributed by atoms with Gasteiger partial charge in [0.25, 0.3) is 0 Å². The fourth-order valence-electron chi connectivity index (χ4n) is 3.76. The van der Waals surface area contributed by atoms with Gasteiger partial charge in [-0.3, -0.25) is 19.4 Å². The number of nitriles is 1. The molecule has 0 spiro atoms. The van der Waals surface area contributed by atoms with Crippen LogP contribution in [0.5, 0.6) is 0 Å². The van der Waals surface area contributed by atoms with Gasteiger partial charge in [0.15, 0.2) is 0 Å². The number of nitrogens with zero attached hydrogens (tertiary/aromatic N) is 3. The van der Waals surface area contributed by atoms with Crippen molar-refractivity contribution in [2.45, 2.75) is 32.7 Å². The molecule has 2 amide bonds. The number of carbonyl (C=O) groups excluding carboxylic acids is 2. The first kappa shape index (κ1) is 12.6. The molecule has 0 radical (unpaired) electrons. The summed E-state index contributed by atoms with van der Waals surface area (Å²) in [6, 6.07) is 2.20. The van der Waals surface area contributed by atoms with Crippen LogP contribution in [0.15, 0.2) is 0 Å². The molecule has 3 aliphatic rings. The van der Waals surface area contributed by atoms with Crippen molar-refractivity contribution < 1.29 is 9.59 Å². The van der Waals surface area contributed by atoms with E-state index in [4.69, 9.17) is 5.26 Å². The molecule has 5 heteroatoms. The smallest absolute Gasteiger partial charge is 0.233 e. The number of rotatable bonds is 2. The van der Waals surface area contributed by atoms with E-state index in [1.165, 1.54) is 4.90 Å². The zero-order chi connectivity index (χ0) is 13.8. The fourth-order valence-corrected chi connectivity index (χ4v) is 3.76. The summed E-state index contributed by atoms with van der Waals surface area (Å²) in [5.74, 6) is -0.0632. The predicted molar refractivity (Wildman–Crippen MR) is 67.7 cm³/mol. The van der Waals surface area contributed by atoms with Crippen molar-refractivity contribution in [2.24, 2.45) is 17.3 Å². The largest absolute Gasteiger partial charge is 0.290 e. The topological polar surface area (TPSA) is 64.4 Å². The second-order valence-electron chi connectivity index (χ2n) is 6.49. The summed E-state index contributed by atoms with van der Waals surface area (Å²) in [6.07, 6.45) is 1.61. The zero-order valence-electron chi connectivity index (χ0n) is 11.4. The van der Waals surface area contributed by atoms with Crippen molar-refractivity contribution in [3.63, 3.8) is 0 Å². The Morgan fingerprint density at radius 1 is 1.21 bits per heavy atom. The number of hydrogen-bond acceptors (Lipinski definition) is 4. The Morgan fingerprint density at radius 3 is 2.21 bits per heavy atom. The van der Waals surface area contributed by atoms with Crippen LogP contribution in [-0.4, -0.2) is 47.3 Å². The third kappa shape index (κ3) is 1.70. The molecule has 2 unspecified atom stereocenters. The van der Waals surface area contributed by atoms with Crippen LogP contribution in [0, 0.1) is 28.6 Å². The maximum atomic E-state index is 12.3. The van der Waals surface area contributed by atoms with Crippen LogP contribution in [0.1, 0.15) is 26.7 Å². The average Bonchev–Trinajstić information content (AvgIpc) is 2.82. The standard InChI is InChI=1S/C14H19N3O2/c1-14(2)10-11(14)13(19)17(12(10)18)9-3-6-16(7-4-9)8-5-15/h9-11H,3-4,6-8H2,1-2H3. The lowest BCUT2D eigenvalue weighted by Gasteiger charge is -2.36. The van der Waals surface area contributed by atoms with Gasteiger partial charge in [-0.2, -0.15) is 5.26 Å². The third-order valence-electron chi connectivity index (χ3n) is 5.05. The molecule has 102 valence electrons. The molecule has 0 aromatic rings. The number of hydrogen-bond donors (Lipinski definition) is 0. The Labute approximate surface area is 113 Å². The number of amides is 2. The molecule has 2 atom stereocenters. The summed E-state index contributed by atoms with van der Waals surface area (Å²) >= 11 is 0. The van der Waals surface area contributed by atoms with E-state index in [1.54, 1.807) is 0 Å². The first-order valence-corrected chi connectivity index (χ1v) is 6.94. The van der Waals surface area contributed by atoms with E-state index in [9.17, 15) is 9.59 Å².